The van der Waals surface area contributed by atoms with Crippen LogP contribution in [0.15, 0.2) is 58.8 Å². The van der Waals surface area contributed by atoms with E-state index >= 15 is 0 Å². The average molecular weight is 220 g/mol. The van der Waals surface area contributed by atoms with Gasteiger partial charge < -0.3 is 11.5 Å². The van der Waals surface area contributed by atoms with Crippen LogP contribution >= 0.6 is 0 Å². The van der Waals surface area contributed by atoms with Crippen LogP contribution in [0.4, 0.5) is 22.7 Å². The Balaban J connectivity index is 0.00000144. The standard InChI is InChI=1S/C12H12N4.Li.H/c13-9-6-7-12(11(14)8-9)16-15-10-4-2-1-3-5-10;;/h1-8H,13-14H2;;. The fraction of sp³-hybridized carbons (Fsp3) is 0. The third kappa shape index (κ3) is 3.63. The predicted molar refractivity (Wildman–Crippen MR) is 73.0 cm³/mol. The van der Waals surface area contributed by atoms with E-state index in [0.29, 0.717) is 17.1 Å². The molecular formula is C12H13LiN4. The van der Waals surface area contributed by atoms with Gasteiger partial charge in [-0.1, -0.05) is 18.2 Å². The molecule has 0 aliphatic heterocycles. The number of benzene rings is 2. The van der Waals surface area contributed by atoms with E-state index in [-0.39, 0.29) is 18.9 Å². The topological polar surface area (TPSA) is 76.8 Å². The minimum atomic E-state index is 0. The molecule has 4 nitrogen and oxygen atoms in total. The molecule has 0 unspecified atom stereocenters. The predicted octanol–water partition coefficient (Wildman–Crippen LogP) is 2.62. The molecule has 0 heterocycles. The van der Waals surface area contributed by atoms with Gasteiger partial charge in [0, 0.05) is 5.69 Å². The molecule has 0 fully saturated rings. The molecule has 0 spiro atoms. The molecule has 0 bridgehead atoms. The van der Waals surface area contributed by atoms with E-state index in [9.17, 15) is 0 Å². The van der Waals surface area contributed by atoms with Gasteiger partial charge in [-0.15, -0.1) is 5.11 Å². The van der Waals surface area contributed by atoms with E-state index in [1.54, 1.807) is 18.2 Å². The summed E-state index contributed by atoms with van der Waals surface area (Å²) in [5.74, 6) is 0. The van der Waals surface area contributed by atoms with Crippen molar-refractivity contribution in [1.82, 2.24) is 0 Å². The van der Waals surface area contributed by atoms with Gasteiger partial charge in [0.05, 0.1) is 11.4 Å². The van der Waals surface area contributed by atoms with Gasteiger partial charge in [-0.2, -0.15) is 5.11 Å². The number of anilines is 2. The Morgan fingerprint density at radius 3 is 2.18 bits per heavy atom. The molecule has 2 aromatic carbocycles. The molecule has 4 N–H and O–H groups in total. The van der Waals surface area contributed by atoms with Gasteiger partial charge in [-0.25, -0.2) is 0 Å². The number of nitrogens with zero attached hydrogens (tertiary/aromatic N) is 2. The second kappa shape index (κ2) is 6.09. The summed E-state index contributed by atoms with van der Waals surface area (Å²) in [5.41, 5.74) is 13.9. The van der Waals surface area contributed by atoms with Gasteiger partial charge in [-0.05, 0) is 30.3 Å². The zero-order valence-corrected chi connectivity index (χ0v) is 8.67. The summed E-state index contributed by atoms with van der Waals surface area (Å²) in [4.78, 5) is 0. The number of hydrogen-bond acceptors (Lipinski definition) is 4. The van der Waals surface area contributed by atoms with Crippen molar-refractivity contribution < 1.29 is 0 Å². The summed E-state index contributed by atoms with van der Waals surface area (Å²) in [6.07, 6.45) is 0. The Hall–Kier alpha value is -1.76. The quantitative estimate of drug-likeness (QED) is 0.463. The van der Waals surface area contributed by atoms with Crippen LogP contribution in [0.2, 0.25) is 0 Å². The van der Waals surface area contributed by atoms with Crippen molar-refractivity contribution in [3.8, 4) is 0 Å². The summed E-state index contributed by atoms with van der Waals surface area (Å²) in [6.45, 7) is 0. The molecular weight excluding hydrogens is 207 g/mol. The van der Waals surface area contributed by atoms with Crippen LogP contribution in [0, 0.1) is 0 Å². The van der Waals surface area contributed by atoms with Crippen molar-refractivity contribution in [2.45, 2.75) is 0 Å². The van der Waals surface area contributed by atoms with Crippen molar-refractivity contribution in [2.75, 3.05) is 11.5 Å². The van der Waals surface area contributed by atoms with Crippen LogP contribution in [-0.4, -0.2) is 18.9 Å². The number of nitrogen functional groups attached to an aromatic ring is 2. The molecule has 0 saturated carbocycles. The first-order valence-electron chi connectivity index (χ1n) is 4.87. The van der Waals surface area contributed by atoms with E-state index < -0.39 is 0 Å². The maximum atomic E-state index is 5.75. The first kappa shape index (κ1) is 13.3. The zero-order valence-electron chi connectivity index (χ0n) is 8.67. The van der Waals surface area contributed by atoms with Gasteiger partial charge >= 0.3 is 18.9 Å². The van der Waals surface area contributed by atoms with Gasteiger partial charge in [0.25, 0.3) is 0 Å². The number of azo groups is 1. The molecule has 0 radical (unpaired) electrons. The molecule has 0 aliphatic carbocycles. The van der Waals surface area contributed by atoms with Crippen LogP contribution < -0.4 is 11.5 Å². The molecule has 0 aromatic heterocycles. The molecule has 0 amide bonds. The first-order chi connectivity index (χ1) is 7.75. The fourth-order valence-corrected chi connectivity index (χ4v) is 1.27. The Morgan fingerprint density at radius 1 is 0.824 bits per heavy atom. The first-order valence-corrected chi connectivity index (χ1v) is 4.87. The molecule has 82 valence electrons. The van der Waals surface area contributed by atoms with E-state index in [1.165, 1.54) is 0 Å². The second-order valence-corrected chi connectivity index (χ2v) is 3.35. The van der Waals surface area contributed by atoms with E-state index in [2.05, 4.69) is 10.2 Å². The maximum absolute atomic E-state index is 5.75. The Labute approximate surface area is 112 Å². The normalized spacial score (nSPS) is 10.1. The van der Waals surface area contributed by atoms with E-state index in [0.717, 1.165) is 5.69 Å². The summed E-state index contributed by atoms with van der Waals surface area (Å²) in [7, 11) is 0. The van der Waals surface area contributed by atoms with Crippen molar-refractivity contribution in [3.05, 3.63) is 48.5 Å². The Morgan fingerprint density at radius 2 is 1.53 bits per heavy atom. The number of rotatable bonds is 2. The Kier molecular flexibility index (Phi) is 4.77. The van der Waals surface area contributed by atoms with Gasteiger partial charge in [0.15, 0.2) is 0 Å². The molecule has 2 rings (SSSR count). The second-order valence-electron chi connectivity index (χ2n) is 3.35. The SMILES string of the molecule is Nc1ccc(N=Nc2ccccc2)c(N)c1.[LiH]. The van der Waals surface area contributed by atoms with E-state index in [1.807, 2.05) is 30.3 Å². The summed E-state index contributed by atoms with van der Waals surface area (Å²) in [5, 5.41) is 8.13. The molecule has 0 aliphatic rings. The molecule has 17 heavy (non-hydrogen) atoms. The van der Waals surface area contributed by atoms with Crippen molar-refractivity contribution in [1.29, 1.82) is 0 Å². The summed E-state index contributed by atoms with van der Waals surface area (Å²) in [6, 6.07) is 14.6. The Bertz CT molecular complexity index is 511. The zero-order chi connectivity index (χ0) is 11.4. The van der Waals surface area contributed by atoms with Crippen LogP contribution in [0.25, 0.3) is 0 Å². The van der Waals surface area contributed by atoms with Gasteiger partial charge in [-0.3, -0.25) is 0 Å². The third-order valence-electron chi connectivity index (χ3n) is 2.08. The minimum absolute atomic E-state index is 0. The van der Waals surface area contributed by atoms with Crippen molar-refractivity contribution >= 4 is 41.6 Å². The number of hydrogen-bond donors (Lipinski definition) is 2. The van der Waals surface area contributed by atoms with E-state index in [4.69, 9.17) is 11.5 Å². The number of nitrogens with two attached hydrogens (primary N) is 2. The summed E-state index contributed by atoms with van der Waals surface area (Å²) < 4.78 is 0. The molecule has 0 saturated heterocycles. The van der Waals surface area contributed by atoms with Gasteiger partial charge in [0.1, 0.15) is 5.69 Å². The van der Waals surface area contributed by atoms with Crippen molar-refractivity contribution in [2.24, 2.45) is 10.2 Å². The monoisotopic (exact) mass is 220 g/mol. The molecule has 5 heteroatoms. The van der Waals surface area contributed by atoms with Gasteiger partial charge in [0.2, 0.25) is 0 Å². The average Bonchev–Trinajstić information content (AvgIpc) is 2.29. The van der Waals surface area contributed by atoms with Crippen LogP contribution in [0.3, 0.4) is 0 Å². The van der Waals surface area contributed by atoms with Crippen LogP contribution in [0.5, 0.6) is 0 Å². The van der Waals surface area contributed by atoms with Crippen molar-refractivity contribution in [3.63, 3.8) is 0 Å². The summed E-state index contributed by atoms with van der Waals surface area (Å²) >= 11 is 0. The molecule has 2 aromatic rings. The van der Waals surface area contributed by atoms with Crippen LogP contribution in [-0.2, 0) is 0 Å². The fourth-order valence-electron chi connectivity index (χ4n) is 1.27. The third-order valence-corrected chi connectivity index (χ3v) is 2.08. The molecule has 0 atom stereocenters. The van der Waals surface area contributed by atoms with Crippen LogP contribution in [0.1, 0.15) is 0 Å².